The molecule has 0 saturated heterocycles. The molecule has 0 bridgehead atoms. The van der Waals surface area contributed by atoms with E-state index in [0.29, 0.717) is 19.6 Å². The predicted octanol–water partition coefficient (Wildman–Crippen LogP) is 4.39. The monoisotopic (exact) mass is 368 g/mol. The average molecular weight is 369 g/mol. The zero-order valence-corrected chi connectivity index (χ0v) is 17.5. The zero-order chi connectivity index (χ0) is 20.0. The molecule has 150 valence electrons. The van der Waals surface area contributed by atoms with Gasteiger partial charge in [-0.25, -0.2) is 4.79 Å². The van der Waals surface area contributed by atoms with Crippen LogP contribution in [0.1, 0.15) is 74.1 Å². The summed E-state index contributed by atoms with van der Waals surface area (Å²) in [5.74, 6) is 0. The van der Waals surface area contributed by atoms with Crippen LogP contribution in [0.4, 0.5) is 4.79 Å². The maximum absolute atomic E-state index is 12.4. The van der Waals surface area contributed by atoms with Crippen molar-refractivity contribution >= 4 is 6.09 Å². The summed E-state index contributed by atoms with van der Waals surface area (Å²) < 4.78 is 16.2. The number of nitrogens with zero attached hydrogens (tertiary/aromatic N) is 1. The van der Waals surface area contributed by atoms with E-state index in [4.69, 9.17) is 19.5 Å². The molecule has 26 heavy (non-hydrogen) atoms. The van der Waals surface area contributed by atoms with Gasteiger partial charge in [-0.05, 0) is 52.4 Å². The van der Waals surface area contributed by atoms with Crippen LogP contribution in [0, 0.1) is 22.3 Å². The number of hydrogen-bond acceptors (Lipinski definition) is 5. The second-order valence-electron chi connectivity index (χ2n) is 9.60. The predicted molar refractivity (Wildman–Crippen MR) is 100 cm³/mol. The lowest BCUT2D eigenvalue weighted by atomic mass is 9.63. The molecule has 1 fully saturated rings. The van der Waals surface area contributed by atoms with Gasteiger partial charge >= 0.3 is 6.09 Å². The molecular weight excluding hydrogens is 332 g/mol. The van der Waals surface area contributed by atoms with Gasteiger partial charge in [0.05, 0.1) is 12.7 Å². The molecule has 1 rings (SSSR count). The number of rotatable bonds is 8. The minimum absolute atomic E-state index is 0.00116. The van der Waals surface area contributed by atoms with Crippen molar-refractivity contribution in [1.82, 2.24) is 5.32 Å². The molecule has 1 aliphatic rings. The summed E-state index contributed by atoms with van der Waals surface area (Å²) >= 11 is 0. The number of nitrogens with one attached hydrogen (secondary N) is 1. The normalized spacial score (nSPS) is 25.4. The Balaban J connectivity index is 2.60. The molecule has 1 N–H and O–H groups in total. The first-order valence-electron chi connectivity index (χ1n) is 9.48. The molecular formula is C20H36N2O4. The molecule has 2 unspecified atom stereocenters. The van der Waals surface area contributed by atoms with Crippen LogP contribution in [0.2, 0.25) is 0 Å². The second-order valence-corrected chi connectivity index (χ2v) is 9.60. The Morgan fingerprint density at radius 2 is 1.96 bits per heavy atom. The van der Waals surface area contributed by atoms with E-state index in [9.17, 15) is 4.79 Å². The molecule has 0 heterocycles. The lowest BCUT2D eigenvalue weighted by Gasteiger charge is -2.46. The Morgan fingerprint density at radius 3 is 2.54 bits per heavy atom. The van der Waals surface area contributed by atoms with E-state index in [1.54, 1.807) is 6.26 Å². The third-order valence-corrected chi connectivity index (χ3v) is 4.77. The fourth-order valence-electron chi connectivity index (χ4n) is 4.09. The van der Waals surface area contributed by atoms with Crippen molar-refractivity contribution in [3.63, 3.8) is 0 Å². The highest BCUT2D eigenvalue weighted by Gasteiger charge is 2.42. The summed E-state index contributed by atoms with van der Waals surface area (Å²) in [7, 11) is 0. The molecule has 0 aromatic heterocycles. The molecule has 6 nitrogen and oxygen atoms in total. The van der Waals surface area contributed by atoms with Gasteiger partial charge in [0.2, 0.25) is 0 Å². The highest BCUT2D eigenvalue weighted by Crippen LogP contribution is 2.46. The Kier molecular flexibility index (Phi) is 7.76. The van der Waals surface area contributed by atoms with E-state index in [0.717, 1.165) is 19.3 Å². The van der Waals surface area contributed by atoms with Gasteiger partial charge in [0.1, 0.15) is 12.2 Å². The van der Waals surface area contributed by atoms with Gasteiger partial charge in [0, 0.05) is 17.9 Å². The molecule has 0 spiro atoms. The first kappa shape index (κ1) is 22.6. The smallest absolute Gasteiger partial charge is 0.407 e. The SMILES string of the molecule is CC(C)OCCC(C)(C)OC(=O)NC1CC(C)(C)CC(C)(COC#N)C1. The third kappa shape index (κ3) is 8.27. The van der Waals surface area contributed by atoms with Crippen LogP contribution >= 0.6 is 0 Å². The minimum Gasteiger partial charge on any atom is -0.443 e. The number of ether oxygens (including phenoxy) is 3. The minimum atomic E-state index is -0.587. The van der Waals surface area contributed by atoms with Gasteiger partial charge in [-0.2, -0.15) is 5.26 Å². The molecule has 1 aliphatic carbocycles. The maximum atomic E-state index is 12.4. The molecule has 0 aromatic rings. The van der Waals surface area contributed by atoms with E-state index >= 15 is 0 Å². The first-order valence-corrected chi connectivity index (χ1v) is 9.48. The number of amides is 1. The quantitative estimate of drug-likeness (QED) is 0.643. The van der Waals surface area contributed by atoms with Crippen LogP contribution in [0.3, 0.4) is 0 Å². The van der Waals surface area contributed by atoms with Gasteiger partial charge in [0.25, 0.3) is 6.26 Å². The third-order valence-electron chi connectivity index (χ3n) is 4.77. The summed E-state index contributed by atoms with van der Waals surface area (Å²) in [6.45, 7) is 15.2. The van der Waals surface area contributed by atoms with Gasteiger partial charge < -0.3 is 19.5 Å². The summed E-state index contributed by atoms with van der Waals surface area (Å²) in [5.41, 5.74) is -0.670. The van der Waals surface area contributed by atoms with Gasteiger partial charge in [0.15, 0.2) is 0 Å². The molecule has 2 atom stereocenters. The maximum Gasteiger partial charge on any atom is 0.407 e. The lowest BCUT2D eigenvalue weighted by molar-refractivity contribution is -0.0126. The van der Waals surface area contributed by atoms with Crippen molar-refractivity contribution in [2.45, 2.75) is 91.9 Å². The Hall–Kier alpha value is -1.48. The Bertz CT molecular complexity index is 510. The van der Waals surface area contributed by atoms with Crippen molar-refractivity contribution in [2.75, 3.05) is 13.2 Å². The van der Waals surface area contributed by atoms with Gasteiger partial charge in [-0.15, -0.1) is 0 Å². The van der Waals surface area contributed by atoms with Crippen molar-refractivity contribution < 1.29 is 19.0 Å². The largest absolute Gasteiger partial charge is 0.443 e. The van der Waals surface area contributed by atoms with Crippen LogP contribution in [0.5, 0.6) is 0 Å². The first-order chi connectivity index (χ1) is 11.9. The summed E-state index contributed by atoms with van der Waals surface area (Å²) in [4.78, 5) is 12.4. The van der Waals surface area contributed by atoms with Crippen molar-refractivity contribution in [3.8, 4) is 6.26 Å². The van der Waals surface area contributed by atoms with E-state index < -0.39 is 11.7 Å². The summed E-state index contributed by atoms with van der Waals surface area (Å²) in [6.07, 6.45) is 4.76. The molecule has 1 amide bonds. The lowest BCUT2D eigenvalue weighted by Crippen LogP contribution is -2.49. The van der Waals surface area contributed by atoms with E-state index in [1.165, 1.54) is 0 Å². The van der Waals surface area contributed by atoms with Crippen molar-refractivity contribution in [2.24, 2.45) is 10.8 Å². The fourth-order valence-corrected chi connectivity index (χ4v) is 4.09. The number of nitriles is 1. The highest BCUT2D eigenvalue weighted by atomic mass is 16.6. The van der Waals surface area contributed by atoms with E-state index in [-0.39, 0.29) is 23.0 Å². The van der Waals surface area contributed by atoms with E-state index in [2.05, 4.69) is 26.1 Å². The molecule has 6 heteroatoms. The molecule has 1 saturated carbocycles. The van der Waals surface area contributed by atoms with Crippen LogP contribution in [0.15, 0.2) is 0 Å². The van der Waals surface area contributed by atoms with Gasteiger partial charge in [-0.1, -0.05) is 20.8 Å². The number of carbonyl (C=O) groups excluding carboxylic acids is 1. The van der Waals surface area contributed by atoms with Gasteiger partial charge in [-0.3, -0.25) is 0 Å². The Morgan fingerprint density at radius 1 is 1.31 bits per heavy atom. The second kappa shape index (κ2) is 8.94. The van der Waals surface area contributed by atoms with E-state index in [1.807, 2.05) is 27.7 Å². The zero-order valence-electron chi connectivity index (χ0n) is 17.5. The van der Waals surface area contributed by atoms with Crippen LogP contribution in [0.25, 0.3) is 0 Å². The highest BCUT2D eigenvalue weighted by molar-refractivity contribution is 5.68. The van der Waals surface area contributed by atoms with Crippen molar-refractivity contribution in [1.29, 1.82) is 5.26 Å². The molecule has 0 aliphatic heterocycles. The molecule has 0 radical (unpaired) electrons. The summed E-state index contributed by atoms with van der Waals surface area (Å²) in [6, 6.07) is 0.00116. The van der Waals surface area contributed by atoms with Crippen LogP contribution in [-0.2, 0) is 14.2 Å². The molecule has 0 aromatic carbocycles. The number of alkyl carbamates (subject to hydrolysis) is 1. The average Bonchev–Trinajstić information content (AvgIpc) is 2.41. The summed E-state index contributed by atoms with van der Waals surface area (Å²) in [5, 5.41) is 11.7. The Labute approximate surface area is 158 Å². The fraction of sp³-hybridized carbons (Fsp3) is 0.900. The topological polar surface area (TPSA) is 80.6 Å². The number of hydrogen-bond donors (Lipinski definition) is 1. The van der Waals surface area contributed by atoms with Crippen LogP contribution < -0.4 is 5.32 Å². The number of carbonyl (C=O) groups is 1. The van der Waals surface area contributed by atoms with Crippen molar-refractivity contribution in [3.05, 3.63) is 0 Å². The van der Waals surface area contributed by atoms with Crippen LogP contribution in [-0.4, -0.2) is 37.1 Å². The standard InChI is InChI=1S/C20H36N2O4/c1-15(2)25-9-8-19(5,6)26-17(23)22-16-10-18(3,4)12-20(7,11-16)13-24-14-21/h15-16H,8-13H2,1-7H3,(H,22,23).